The lowest BCUT2D eigenvalue weighted by Gasteiger charge is -2.38. The molecule has 1 N–H and O–H groups in total. The zero-order valence-electron chi connectivity index (χ0n) is 24.2. The van der Waals surface area contributed by atoms with Gasteiger partial charge in [0, 0.05) is 24.4 Å². The quantitative estimate of drug-likeness (QED) is 0.245. The summed E-state index contributed by atoms with van der Waals surface area (Å²) in [6, 6.07) is 9.65. The number of nitrogens with zero attached hydrogens (tertiary/aromatic N) is 1. The highest BCUT2D eigenvalue weighted by Gasteiger charge is 2.43. The fourth-order valence-corrected chi connectivity index (χ4v) is 5.32. The predicted molar refractivity (Wildman–Crippen MR) is 146 cm³/mol. The lowest BCUT2D eigenvalue weighted by atomic mass is 9.94. The first-order valence-corrected chi connectivity index (χ1v) is 14.2. The van der Waals surface area contributed by atoms with Crippen molar-refractivity contribution < 1.29 is 58.9 Å². The first kappa shape index (κ1) is 33.4. The van der Waals surface area contributed by atoms with E-state index in [2.05, 4.69) is 0 Å². The van der Waals surface area contributed by atoms with Gasteiger partial charge in [-0.3, -0.25) is 0 Å². The third-order valence-electron chi connectivity index (χ3n) is 8.30. The summed E-state index contributed by atoms with van der Waals surface area (Å²) in [6.07, 6.45) is -16.1. The summed E-state index contributed by atoms with van der Waals surface area (Å²) in [5.41, 5.74) is -4.07. The summed E-state index contributed by atoms with van der Waals surface area (Å²) >= 11 is 0. The Bertz CT molecular complexity index is 1560. The van der Waals surface area contributed by atoms with Gasteiger partial charge >= 0.3 is 24.6 Å². The van der Waals surface area contributed by atoms with Crippen molar-refractivity contribution in [2.75, 3.05) is 13.2 Å². The highest BCUT2D eigenvalue weighted by Crippen LogP contribution is 2.46. The number of benzene rings is 3. The molecule has 1 amide bonds. The van der Waals surface area contributed by atoms with E-state index in [0.717, 1.165) is 29.9 Å². The third-order valence-corrected chi connectivity index (χ3v) is 8.30. The standard InChI is InChI=1S/C32H28F9NO4/c1-18-9-27(20-10-23(31(36,37)38)14-24(11-20)32(39,40)41)46-28(44)42(18)15-21-12-22(30(33,34)35)5-6-26(21)19-3-2-4-25(13-19)45-17-29(16-43)7-8-29/h2-6,10-14,18,27,43H,7-9,15-17H2,1H3/t18-,27-/m0/s1. The van der Waals surface area contributed by atoms with Gasteiger partial charge in [0.15, 0.2) is 0 Å². The summed E-state index contributed by atoms with van der Waals surface area (Å²) in [7, 11) is 0. The summed E-state index contributed by atoms with van der Waals surface area (Å²) < 4.78 is 133. The van der Waals surface area contributed by atoms with Crippen LogP contribution in [0.15, 0.2) is 60.7 Å². The van der Waals surface area contributed by atoms with E-state index in [-0.39, 0.29) is 36.7 Å². The van der Waals surface area contributed by atoms with Gasteiger partial charge in [-0.2, -0.15) is 39.5 Å². The third kappa shape index (κ3) is 7.37. The second-order valence-electron chi connectivity index (χ2n) is 11.8. The highest BCUT2D eigenvalue weighted by atomic mass is 19.4. The summed E-state index contributed by atoms with van der Waals surface area (Å²) in [5.74, 6) is 0.413. The molecule has 5 nitrogen and oxygen atoms in total. The minimum atomic E-state index is -5.10. The molecule has 3 aromatic carbocycles. The molecule has 0 spiro atoms. The van der Waals surface area contributed by atoms with Crippen LogP contribution in [0.3, 0.4) is 0 Å². The molecule has 1 saturated carbocycles. The van der Waals surface area contributed by atoms with Crippen molar-refractivity contribution in [2.24, 2.45) is 5.41 Å². The Morgan fingerprint density at radius 3 is 2.04 bits per heavy atom. The minimum absolute atomic E-state index is 0.0320. The molecule has 1 aliphatic carbocycles. The molecule has 2 aliphatic rings. The Morgan fingerprint density at radius 1 is 0.870 bits per heavy atom. The van der Waals surface area contributed by atoms with E-state index in [9.17, 15) is 49.4 Å². The van der Waals surface area contributed by atoms with Crippen LogP contribution in [0.2, 0.25) is 0 Å². The van der Waals surface area contributed by atoms with E-state index in [4.69, 9.17) is 9.47 Å². The van der Waals surface area contributed by atoms with Crippen LogP contribution in [0, 0.1) is 5.41 Å². The molecule has 3 aromatic rings. The topological polar surface area (TPSA) is 59.0 Å². The van der Waals surface area contributed by atoms with Gasteiger partial charge in [-0.05, 0) is 84.5 Å². The van der Waals surface area contributed by atoms with E-state index in [1.165, 1.54) is 13.0 Å². The largest absolute Gasteiger partial charge is 0.493 e. The number of ether oxygens (including phenoxy) is 2. The SMILES string of the molecule is C[C@H]1C[C@@H](c2cc(C(F)(F)F)cc(C(F)(F)F)c2)OC(=O)N1Cc1cc(C(F)(F)F)ccc1-c1cccc(OCC2(CO)CC2)c1. The fraction of sp³-hybridized carbons (Fsp3) is 0.406. The number of hydrogen-bond donors (Lipinski definition) is 1. The summed E-state index contributed by atoms with van der Waals surface area (Å²) in [4.78, 5) is 14.2. The smallest absolute Gasteiger partial charge is 0.416 e. The zero-order valence-corrected chi connectivity index (χ0v) is 24.2. The second kappa shape index (κ2) is 12.0. The van der Waals surface area contributed by atoms with Crippen LogP contribution < -0.4 is 4.74 Å². The number of rotatable bonds is 8. The molecule has 14 heteroatoms. The van der Waals surface area contributed by atoms with Crippen LogP contribution in [0.4, 0.5) is 44.3 Å². The maximum Gasteiger partial charge on any atom is 0.416 e. The Hall–Kier alpha value is -3.94. The van der Waals surface area contributed by atoms with Crippen molar-refractivity contribution >= 4 is 6.09 Å². The molecule has 5 rings (SSSR count). The van der Waals surface area contributed by atoms with Crippen molar-refractivity contribution in [1.82, 2.24) is 4.90 Å². The number of aliphatic hydroxyl groups excluding tert-OH is 1. The van der Waals surface area contributed by atoms with E-state index in [1.54, 1.807) is 24.3 Å². The van der Waals surface area contributed by atoms with Crippen molar-refractivity contribution in [3.05, 3.63) is 88.5 Å². The van der Waals surface area contributed by atoms with Crippen molar-refractivity contribution in [1.29, 1.82) is 0 Å². The maximum atomic E-state index is 13.7. The predicted octanol–water partition coefficient (Wildman–Crippen LogP) is 9.03. The lowest BCUT2D eigenvalue weighted by molar-refractivity contribution is -0.143. The lowest BCUT2D eigenvalue weighted by Crippen LogP contribution is -2.44. The number of amides is 1. The van der Waals surface area contributed by atoms with Gasteiger partial charge in [0.05, 0.1) is 29.9 Å². The van der Waals surface area contributed by atoms with Gasteiger partial charge in [0.25, 0.3) is 0 Å². The molecule has 0 unspecified atom stereocenters. The van der Waals surface area contributed by atoms with Gasteiger partial charge in [-0.15, -0.1) is 0 Å². The van der Waals surface area contributed by atoms with Crippen molar-refractivity contribution in [3.63, 3.8) is 0 Å². The van der Waals surface area contributed by atoms with Crippen LogP contribution in [0.25, 0.3) is 11.1 Å². The number of carbonyl (C=O) groups is 1. The number of cyclic esters (lactones) is 1. The van der Waals surface area contributed by atoms with Gasteiger partial charge in [-0.25, -0.2) is 4.79 Å². The molecule has 2 fully saturated rings. The van der Waals surface area contributed by atoms with E-state index in [0.29, 0.717) is 29.0 Å². The molecular weight excluding hydrogens is 633 g/mol. The number of carbonyl (C=O) groups excluding carboxylic acids is 1. The van der Waals surface area contributed by atoms with E-state index in [1.807, 2.05) is 0 Å². The Morgan fingerprint density at radius 2 is 1.50 bits per heavy atom. The molecule has 46 heavy (non-hydrogen) atoms. The molecule has 0 bridgehead atoms. The molecule has 248 valence electrons. The van der Waals surface area contributed by atoms with E-state index >= 15 is 0 Å². The molecule has 1 saturated heterocycles. The molecule has 1 heterocycles. The Kier molecular flexibility index (Phi) is 8.73. The number of hydrogen-bond acceptors (Lipinski definition) is 4. The average molecular weight is 662 g/mol. The van der Waals surface area contributed by atoms with Crippen LogP contribution in [0.1, 0.15) is 60.1 Å². The van der Waals surface area contributed by atoms with E-state index < -0.39 is 65.6 Å². The van der Waals surface area contributed by atoms with Crippen molar-refractivity contribution in [2.45, 2.75) is 63.4 Å². The number of aliphatic hydroxyl groups is 1. The molecule has 2 atom stereocenters. The molecule has 1 aliphatic heterocycles. The Balaban J connectivity index is 1.43. The number of alkyl halides is 9. The normalized spacial score (nSPS) is 20.0. The summed E-state index contributed by atoms with van der Waals surface area (Å²) in [5, 5.41) is 9.56. The minimum Gasteiger partial charge on any atom is -0.493 e. The fourth-order valence-electron chi connectivity index (χ4n) is 5.32. The number of halogens is 9. The van der Waals surface area contributed by atoms with Crippen LogP contribution in [0.5, 0.6) is 5.75 Å². The van der Waals surface area contributed by atoms with Crippen molar-refractivity contribution in [3.8, 4) is 16.9 Å². The van der Waals surface area contributed by atoms with Crippen LogP contribution >= 0.6 is 0 Å². The monoisotopic (exact) mass is 661 g/mol. The van der Waals surface area contributed by atoms with Gasteiger partial charge in [0.2, 0.25) is 0 Å². The first-order valence-electron chi connectivity index (χ1n) is 14.2. The average Bonchev–Trinajstić information content (AvgIpc) is 3.77. The van der Waals surface area contributed by atoms with Crippen LogP contribution in [-0.4, -0.2) is 35.4 Å². The Labute approximate surface area is 257 Å². The molecule has 0 aromatic heterocycles. The van der Waals surface area contributed by atoms with Gasteiger partial charge in [-0.1, -0.05) is 18.2 Å². The summed E-state index contributed by atoms with van der Waals surface area (Å²) in [6.45, 7) is 1.28. The van der Waals surface area contributed by atoms with Crippen LogP contribution in [-0.2, 0) is 29.8 Å². The highest BCUT2D eigenvalue weighted by molar-refractivity contribution is 5.72. The maximum absolute atomic E-state index is 13.7. The first-order chi connectivity index (χ1) is 21.4. The zero-order chi connectivity index (χ0) is 33.7. The van der Waals surface area contributed by atoms with Gasteiger partial charge < -0.3 is 19.5 Å². The van der Waals surface area contributed by atoms with Gasteiger partial charge in [0.1, 0.15) is 11.9 Å². The second-order valence-corrected chi connectivity index (χ2v) is 11.8. The molecular formula is C32H28F9NO4. The molecule has 0 radical (unpaired) electrons.